The fraction of sp³-hybridized carbons (Fsp3) is 0.150. The zero-order valence-electron chi connectivity index (χ0n) is 26.2. The van der Waals surface area contributed by atoms with Gasteiger partial charge in [-0.15, -0.1) is 45.3 Å². The molecule has 6 aromatic rings. The number of hydrogen-bond acceptors (Lipinski definition) is 8. The minimum atomic E-state index is -0.238. The van der Waals surface area contributed by atoms with Gasteiger partial charge in [-0.05, 0) is 46.5 Å². The Balaban J connectivity index is 1.05. The highest BCUT2D eigenvalue weighted by atomic mass is 32.1. The van der Waals surface area contributed by atoms with Gasteiger partial charge < -0.3 is 0 Å². The molecule has 0 radical (unpaired) electrons. The first kappa shape index (κ1) is 28.7. The van der Waals surface area contributed by atoms with Crippen LogP contribution in [-0.4, -0.2) is 23.1 Å². The quantitative estimate of drug-likeness (QED) is 0.133. The summed E-state index contributed by atoms with van der Waals surface area (Å²) in [5.74, 6) is -0.789. The Labute approximate surface area is 291 Å². The number of allylic oxidation sites excluding steroid dienone is 2. The largest absolute Gasteiger partial charge is 0.288 e. The van der Waals surface area contributed by atoms with Crippen molar-refractivity contribution in [3.63, 3.8) is 0 Å². The smallest absolute Gasteiger partial charge is 0.197 e. The second-order valence-electron chi connectivity index (χ2n) is 13.8. The van der Waals surface area contributed by atoms with Gasteiger partial charge in [0, 0.05) is 52.6 Å². The van der Waals surface area contributed by atoms with Crippen LogP contribution in [0.4, 0.5) is 0 Å². The molecule has 0 fully saturated rings. The summed E-state index contributed by atoms with van der Waals surface area (Å²) in [6.45, 7) is 9.11. The van der Waals surface area contributed by atoms with E-state index in [4.69, 9.17) is 0 Å². The van der Waals surface area contributed by atoms with Crippen LogP contribution in [0.15, 0.2) is 71.8 Å². The predicted molar refractivity (Wildman–Crippen MR) is 197 cm³/mol. The molecule has 0 aliphatic heterocycles. The van der Waals surface area contributed by atoms with E-state index in [9.17, 15) is 19.2 Å². The van der Waals surface area contributed by atoms with E-state index in [1.807, 2.05) is 22.7 Å². The maximum atomic E-state index is 13.1. The highest BCUT2D eigenvalue weighted by Gasteiger charge is 2.47. The molecule has 4 aliphatic rings. The Morgan fingerprint density at radius 3 is 1.15 bits per heavy atom. The van der Waals surface area contributed by atoms with Crippen molar-refractivity contribution in [3.05, 3.63) is 126 Å². The van der Waals surface area contributed by atoms with Crippen LogP contribution in [0, 0.1) is 0 Å². The van der Waals surface area contributed by atoms with Gasteiger partial charge in [0.2, 0.25) is 0 Å². The first-order valence-electron chi connectivity index (χ1n) is 15.7. The van der Waals surface area contributed by atoms with Gasteiger partial charge in [0.15, 0.2) is 23.1 Å². The number of fused-ring (bicyclic) bond motifs is 11. The third-order valence-corrected chi connectivity index (χ3v) is 15.5. The van der Waals surface area contributed by atoms with Crippen LogP contribution in [0.5, 0.6) is 0 Å². The molecule has 4 aliphatic carbocycles. The number of benzene rings is 2. The zero-order valence-corrected chi connectivity index (χ0v) is 29.5. The van der Waals surface area contributed by atoms with Crippen LogP contribution in [0.2, 0.25) is 0 Å². The monoisotopic (exact) mass is 696 g/mol. The highest BCUT2D eigenvalue weighted by Crippen LogP contribution is 2.65. The fourth-order valence-corrected chi connectivity index (χ4v) is 14.3. The highest BCUT2D eigenvalue weighted by molar-refractivity contribution is 7.34. The summed E-state index contributed by atoms with van der Waals surface area (Å²) in [4.78, 5) is 59.3. The van der Waals surface area contributed by atoms with Gasteiger partial charge in [-0.25, -0.2) is 0 Å². The van der Waals surface area contributed by atoms with Gasteiger partial charge in [0.25, 0.3) is 0 Å². The molecule has 0 saturated carbocycles. The van der Waals surface area contributed by atoms with Crippen molar-refractivity contribution >= 4 is 90.0 Å². The van der Waals surface area contributed by atoms with E-state index in [1.165, 1.54) is 51.2 Å². The third-order valence-electron chi connectivity index (χ3n) is 10.4. The first-order valence-corrected chi connectivity index (χ1v) is 18.9. The van der Waals surface area contributed by atoms with Crippen molar-refractivity contribution < 1.29 is 19.2 Å². The second kappa shape index (κ2) is 9.21. The molecule has 0 amide bonds. The number of carbonyl (C=O) groups excluding carboxylic acids is 4. The number of ketones is 4. The van der Waals surface area contributed by atoms with Crippen molar-refractivity contribution in [2.75, 3.05) is 0 Å². The first-order chi connectivity index (χ1) is 23.0. The molecule has 4 aromatic heterocycles. The Morgan fingerprint density at radius 2 is 0.812 bits per heavy atom. The molecule has 232 valence electrons. The summed E-state index contributed by atoms with van der Waals surface area (Å²) >= 11 is 7.05. The summed E-state index contributed by atoms with van der Waals surface area (Å²) in [7, 11) is 0. The Morgan fingerprint density at radius 1 is 0.479 bits per heavy atom. The normalized spacial score (nSPS) is 17.6. The maximum Gasteiger partial charge on any atom is 0.197 e. The van der Waals surface area contributed by atoms with E-state index in [-0.39, 0.29) is 45.1 Å². The van der Waals surface area contributed by atoms with E-state index in [0.717, 1.165) is 9.75 Å². The summed E-state index contributed by atoms with van der Waals surface area (Å²) < 4.78 is 2.65. The van der Waals surface area contributed by atoms with Gasteiger partial charge in [-0.2, -0.15) is 0 Å². The molecule has 0 atom stereocenters. The predicted octanol–water partition coefficient (Wildman–Crippen LogP) is 10.6. The van der Waals surface area contributed by atoms with Crippen LogP contribution >= 0.6 is 45.3 Å². The van der Waals surface area contributed by atoms with E-state index in [2.05, 4.69) is 39.8 Å². The molecule has 0 unspecified atom stereocenters. The maximum absolute atomic E-state index is 13.1. The molecule has 8 heteroatoms. The minimum Gasteiger partial charge on any atom is -0.288 e. The van der Waals surface area contributed by atoms with E-state index in [1.54, 1.807) is 83.4 Å². The van der Waals surface area contributed by atoms with Crippen molar-refractivity contribution in [3.8, 4) is 19.5 Å². The average Bonchev–Trinajstić information content (AvgIpc) is 3.92. The summed E-state index contributed by atoms with van der Waals surface area (Å²) in [5.41, 5.74) is 7.15. The second-order valence-corrected chi connectivity index (χ2v) is 18.0. The standard InChI is InChI=1S/C40H24O4S4/c1-39(2)25-15-17(13-23-29(41)19-9-5-6-10-20(19)30(23)42)45-33(25)35-27(39)37-38(47-35)28-36(48-37)34-26(40(28,3)4)16-18(46-34)14-24-31(43)21-11-7-8-12-22(21)32(24)44/h5-16H,1-4H3. The molecule has 0 spiro atoms. The van der Waals surface area contributed by atoms with Crippen LogP contribution in [0.1, 0.15) is 101 Å². The van der Waals surface area contributed by atoms with Crippen LogP contribution in [0.3, 0.4) is 0 Å². The number of hydrogen-bond donors (Lipinski definition) is 0. The Hall–Kier alpha value is -4.34. The molecule has 4 nitrogen and oxygen atoms in total. The van der Waals surface area contributed by atoms with Crippen molar-refractivity contribution in [1.82, 2.24) is 0 Å². The topological polar surface area (TPSA) is 68.3 Å². The lowest BCUT2D eigenvalue weighted by molar-refractivity contribution is 0.0975. The SMILES string of the molecule is CC1(C)c2cc(C=C3C(=O)c4ccccc4C3=O)sc2-c2sc3c4c(sc3c21)-c1sc(C=C2C(=O)c3ccccc3C2=O)cc1C4(C)C. The molecule has 10 rings (SSSR count). The minimum absolute atomic E-state index is 0.197. The molecule has 0 N–H and O–H groups in total. The van der Waals surface area contributed by atoms with Crippen molar-refractivity contribution in [2.24, 2.45) is 0 Å². The molecular weight excluding hydrogens is 673 g/mol. The number of thiophene rings is 4. The van der Waals surface area contributed by atoms with Gasteiger partial charge >= 0.3 is 0 Å². The summed E-state index contributed by atoms with van der Waals surface area (Å²) in [6, 6.07) is 18.4. The van der Waals surface area contributed by atoms with Gasteiger partial charge in [0.1, 0.15) is 0 Å². The number of carbonyl (C=O) groups is 4. The molecular formula is C40H24O4S4. The average molecular weight is 697 g/mol. The Kier molecular flexibility index (Phi) is 5.50. The van der Waals surface area contributed by atoms with Crippen molar-refractivity contribution in [1.29, 1.82) is 0 Å². The van der Waals surface area contributed by atoms with Gasteiger partial charge in [0.05, 0.1) is 30.3 Å². The molecule has 0 saturated heterocycles. The van der Waals surface area contributed by atoms with Crippen LogP contribution in [0.25, 0.3) is 41.1 Å². The van der Waals surface area contributed by atoms with Gasteiger partial charge in [-0.3, -0.25) is 19.2 Å². The molecule has 2 aromatic carbocycles. The Bertz CT molecular complexity index is 2380. The van der Waals surface area contributed by atoms with Crippen molar-refractivity contribution in [2.45, 2.75) is 38.5 Å². The summed E-state index contributed by atoms with van der Waals surface area (Å²) in [6.07, 6.45) is 3.58. The molecule has 48 heavy (non-hydrogen) atoms. The van der Waals surface area contributed by atoms with E-state index < -0.39 is 0 Å². The van der Waals surface area contributed by atoms with Crippen LogP contribution in [-0.2, 0) is 10.8 Å². The number of Topliss-reactive ketones (excluding diaryl/α,β-unsaturated/α-hetero) is 4. The molecule has 0 bridgehead atoms. The lowest BCUT2D eigenvalue weighted by Crippen LogP contribution is -2.15. The van der Waals surface area contributed by atoms with E-state index in [0.29, 0.717) is 22.3 Å². The summed E-state index contributed by atoms with van der Waals surface area (Å²) in [5, 5.41) is 0. The number of rotatable bonds is 2. The zero-order chi connectivity index (χ0) is 33.0. The van der Waals surface area contributed by atoms with E-state index >= 15 is 0 Å². The van der Waals surface area contributed by atoms with Gasteiger partial charge in [-0.1, -0.05) is 76.2 Å². The fourth-order valence-electron chi connectivity index (χ4n) is 7.98. The third kappa shape index (κ3) is 3.43. The molecule has 4 heterocycles. The van der Waals surface area contributed by atoms with Crippen LogP contribution < -0.4 is 0 Å². The lowest BCUT2D eigenvalue weighted by atomic mass is 9.82. The lowest BCUT2D eigenvalue weighted by Gasteiger charge is -2.20.